The lowest BCUT2D eigenvalue weighted by atomic mass is 10.1. The highest BCUT2D eigenvalue weighted by atomic mass is 16.3. The monoisotopic (exact) mass is 293 g/mol. The first-order valence-corrected chi connectivity index (χ1v) is 7.85. The smallest absolute Gasteiger partial charge is 0.245 e. The Balaban J connectivity index is 1.99. The molecule has 1 aromatic rings. The van der Waals surface area contributed by atoms with Gasteiger partial charge >= 0.3 is 0 Å². The number of hydrogen-bond donors (Lipinski definition) is 1. The highest BCUT2D eigenvalue weighted by molar-refractivity contribution is 5.31. The van der Waals surface area contributed by atoms with Gasteiger partial charge in [0.25, 0.3) is 0 Å². The van der Waals surface area contributed by atoms with Gasteiger partial charge in [-0.2, -0.15) is 5.10 Å². The van der Waals surface area contributed by atoms with Crippen LogP contribution in [0.2, 0.25) is 0 Å². The molecule has 0 atom stereocenters. The van der Waals surface area contributed by atoms with Crippen LogP contribution in [0.25, 0.3) is 0 Å². The van der Waals surface area contributed by atoms with E-state index >= 15 is 0 Å². The molecule has 0 amide bonds. The number of β-amino-alcohol motifs (C(OH)–C–C–N with tert-alkyl or cyclic N) is 1. The van der Waals surface area contributed by atoms with Crippen molar-refractivity contribution in [3.63, 3.8) is 0 Å². The predicted octanol–water partition coefficient (Wildman–Crippen LogP) is 0.889. The molecule has 6 heteroatoms. The highest BCUT2D eigenvalue weighted by Gasteiger charge is 2.24. The largest absolute Gasteiger partial charge is 0.389 e. The molecule has 1 aromatic heterocycles. The molecular weight excluding hydrogens is 266 g/mol. The molecule has 0 unspecified atom stereocenters. The summed E-state index contributed by atoms with van der Waals surface area (Å²) in [5, 5.41) is 18.5. The van der Waals surface area contributed by atoms with Crippen LogP contribution in [0.15, 0.2) is 0 Å². The maximum Gasteiger partial charge on any atom is 0.245 e. The van der Waals surface area contributed by atoms with Gasteiger partial charge in [-0.25, -0.2) is 4.98 Å². The molecule has 0 aromatic carbocycles. The zero-order valence-electron chi connectivity index (χ0n) is 13.6. The number of rotatable bonds is 5. The third-order valence-electron chi connectivity index (χ3n) is 3.76. The minimum absolute atomic E-state index is 0.640. The molecule has 0 radical (unpaired) electrons. The zero-order chi connectivity index (χ0) is 15.5. The molecule has 2 heterocycles. The van der Waals surface area contributed by atoms with Gasteiger partial charge in [-0.1, -0.05) is 13.8 Å². The number of piperazine rings is 1. The Morgan fingerprint density at radius 2 is 1.62 bits per heavy atom. The van der Waals surface area contributed by atoms with Crippen molar-refractivity contribution in [2.45, 2.75) is 46.1 Å². The Bertz CT molecular complexity index is 464. The van der Waals surface area contributed by atoms with Crippen LogP contribution in [0, 0.1) is 0 Å². The Kier molecular flexibility index (Phi) is 5.11. The van der Waals surface area contributed by atoms with Crippen molar-refractivity contribution in [2.75, 3.05) is 37.6 Å². The Labute approximate surface area is 127 Å². The molecular formula is C15H27N5O. The van der Waals surface area contributed by atoms with Crippen molar-refractivity contribution in [1.82, 2.24) is 20.1 Å². The van der Waals surface area contributed by atoms with Gasteiger partial charge in [-0.05, 0) is 26.7 Å². The van der Waals surface area contributed by atoms with Gasteiger partial charge in [-0.3, -0.25) is 4.90 Å². The van der Waals surface area contributed by atoms with Crippen molar-refractivity contribution in [3.05, 3.63) is 11.4 Å². The fourth-order valence-corrected chi connectivity index (χ4v) is 2.72. The molecule has 1 aliphatic heterocycles. The normalized spacial score (nSPS) is 17.3. The lowest BCUT2D eigenvalue weighted by Gasteiger charge is -2.37. The molecule has 1 fully saturated rings. The minimum atomic E-state index is -0.640. The maximum atomic E-state index is 9.89. The third kappa shape index (κ3) is 4.35. The lowest BCUT2D eigenvalue weighted by Crippen LogP contribution is -2.51. The summed E-state index contributed by atoms with van der Waals surface area (Å²) in [6, 6.07) is 0. The summed E-state index contributed by atoms with van der Waals surface area (Å²) in [6.07, 6.45) is 1.77. The zero-order valence-corrected chi connectivity index (χ0v) is 13.6. The van der Waals surface area contributed by atoms with Crippen LogP contribution in [0.1, 0.15) is 39.1 Å². The molecule has 0 aliphatic carbocycles. The van der Waals surface area contributed by atoms with Gasteiger partial charge < -0.3 is 10.0 Å². The summed E-state index contributed by atoms with van der Waals surface area (Å²) in [7, 11) is 0. The van der Waals surface area contributed by atoms with Gasteiger partial charge in [0.2, 0.25) is 5.95 Å². The van der Waals surface area contributed by atoms with Crippen molar-refractivity contribution >= 4 is 5.95 Å². The predicted molar refractivity (Wildman–Crippen MR) is 83.5 cm³/mol. The van der Waals surface area contributed by atoms with Crippen LogP contribution in [-0.2, 0) is 12.8 Å². The molecule has 2 rings (SSSR count). The minimum Gasteiger partial charge on any atom is -0.389 e. The SMILES string of the molecule is CCc1nnc(N2CCN(CC(C)(C)O)CC2)nc1CC. The number of aromatic nitrogens is 3. The van der Waals surface area contributed by atoms with E-state index in [1.165, 1.54) is 0 Å². The second-order valence-corrected chi connectivity index (χ2v) is 6.29. The van der Waals surface area contributed by atoms with E-state index in [1.54, 1.807) is 0 Å². The Hall–Kier alpha value is -1.27. The van der Waals surface area contributed by atoms with Crippen molar-refractivity contribution in [2.24, 2.45) is 0 Å². The van der Waals surface area contributed by atoms with E-state index in [0.29, 0.717) is 6.54 Å². The van der Waals surface area contributed by atoms with Crippen LogP contribution in [0.4, 0.5) is 5.95 Å². The van der Waals surface area contributed by atoms with Crippen LogP contribution in [0.3, 0.4) is 0 Å². The Morgan fingerprint density at radius 3 is 2.14 bits per heavy atom. The maximum absolute atomic E-state index is 9.89. The van der Waals surface area contributed by atoms with Gasteiger partial charge in [-0.15, -0.1) is 5.10 Å². The van der Waals surface area contributed by atoms with Crippen LogP contribution >= 0.6 is 0 Å². The van der Waals surface area contributed by atoms with Gasteiger partial charge in [0.05, 0.1) is 17.0 Å². The van der Waals surface area contributed by atoms with E-state index in [2.05, 4.69) is 38.8 Å². The van der Waals surface area contributed by atoms with E-state index < -0.39 is 5.60 Å². The summed E-state index contributed by atoms with van der Waals surface area (Å²) in [6.45, 7) is 12.2. The topological polar surface area (TPSA) is 65.4 Å². The first kappa shape index (κ1) is 16.1. The average molecular weight is 293 g/mol. The van der Waals surface area contributed by atoms with E-state index in [4.69, 9.17) is 0 Å². The number of hydrogen-bond acceptors (Lipinski definition) is 6. The second-order valence-electron chi connectivity index (χ2n) is 6.29. The molecule has 1 N–H and O–H groups in total. The molecule has 1 aliphatic rings. The van der Waals surface area contributed by atoms with Crippen LogP contribution in [-0.4, -0.2) is 63.5 Å². The fraction of sp³-hybridized carbons (Fsp3) is 0.800. The van der Waals surface area contributed by atoms with E-state index in [0.717, 1.165) is 56.4 Å². The molecule has 1 saturated heterocycles. The van der Waals surface area contributed by atoms with Gasteiger partial charge in [0, 0.05) is 32.7 Å². The highest BCUT2D eigenvalue weighted by Crippen LogP contribution is 2.14. The first-order valence-electron chi connectivity index (χ1n) is 7.85. The summed E-state index contributed by atoms with van der Waals surface area (Å²) in [5.41, 5.74) is 1.42. The number of anilines is 1. The van der Waals surface area contributed by atoms with Crippen molar-refractivity contribution < 1.29 is 5.11 Å². The average Bonchev–Trinajstić information content (AvgIpc) is 2.45. The van der Waals surface area contributed by atoms with E-state index in [1.807, 2.05) is 13.8 Å². The number of aryl methyl sites for hydroxylation is 2. The van der Waals surface area contributed by atoms with Gasteiger partial charge in [0.1, 0.15) is 0 Å². The Morgan fingerprint density at radius 1 is 1.00 bits per heavy atom. The van der Waals surface area contributed by atoms with Crippen LogP contribution in [0.5, 0.6) is 0 Å². The van der Waals surface area contributed by atoms with E-state index in [9.17, 15) is 5.11 Å². The summed E-state index contributed by atoms with van der Waals surface area (Å²) >= 11 is 0. The molecule has 6 nitrogen and oxygen atoms in total. The van der Waals surface area contributed by atoms with Crippen molar-refractivity contribution in [1.29, 1.82) is 0 Å². The second kappa shape index (κ2) is 6.66. The fourth-order valence-electron chi connectivity index (χ4n) is 2.72. The summed E-state index contributed by atoms with van der Waals surface area (Å²) < 4.78 is 0. The summed E-state index contributed by atoms with van der Waals surface area (Å²) in [5.74, 6) is 0.743. The third-order valence-corrected chi connectivity index (χ3v) is 3.76. The molecule has 0 bridgehead atoms. The van der Waals surface area contributed by atoms with Crippen LogP contribution < -0.4 is 4.90 Å². The quantitative estimate of drug-likeness (QED) is 0.870. The molecule has 21 heavy (non-hydrogen) atoms. The molecule has 0 saturated carbocycles. The summed E-state index contributed by atoms with van der Waals surface area (Å²) in [4.78, 5) is 9.14. The standard InChI is InChI=1S/C15H27N5O/c1-5-12-13(6-2)17-18-14(16-12)20-9-7-19(8-10-20)11-15(3,4)21/h21H,5-11H2,1-4H3. The first-order chi connectivity index (χ1) is 9.93. The van der Waals surface area contributed by atoms with E-state index in [-0.39, 0.29) is 0 Å². The molecule has 118 valence electrons. The number of nitrogens with zero attached hydrogens (tertiary/aromatic N) is 5. The lowest BCUT2D eigenvalue weighted by molar-refractivity contribution is 0.0344. The molecule has 0 spiro atoms. The van der Waals surface area contributed by atoms with Gasteiger partial charge in [0.15, 0.2) is 0 Å². The van der Waals surface area contributed by atoms with Crippen molar-refractivity contribution in [3.8, 4) is 0 Å². The number of aliphatic hydroxyl groups is 1.